The SMILES string of the molecule is Cc1ccc(CN2C(=O)C3(SCC(=O)N3c3cccc(C)c3)c3ccccc32)cc1. The van der Waals surface area contributed by atoms with Gasteiger partial charge in [0.25, 0.3) is 5.91 Å². The molecule has 1 saturated heterocycles. The number of para-hydroxylation sites is 1. The van der Waals surface area contributed by atoms with Crippen LogP contribution in [0.25, 0.3) is 0 Å². The lowest BCUT2D eigenvalue weighted by molar-refractivity contribution is -0.123. The van der Waals surface area contributed by atoms with Gasteiger partial charge in [0, 0.05) is 11.3 Å². The zero-order chi connectivity index (χ0) is 20.9. The maximum atomic E-state index is 14.0. The number of nitrogens with zero attached hydrogens (tertiary/aromatic N) is 2. The average molecular weight is 415 g/mol. The first kappa shape index (κ1) is 18.9. The van der Waals surface area contributed by atoms with Crippen molar-refractivity contribution >= 4 is 35.0 Å². The summed E-state index contributed by atoms with van der Waals surface area (Å²) < 4.78 is 0. The van der Waals surface area contributed by atoms with Gasteiger partial charge in [0.1, 0.15) is 0 Å². The predicted molar refractivity (Wildman–Crippen MR) is 122 cm³/mol. The molecule has 0 radical (unpaired) electrons. The fraction of sp³-hybridized carbons (Fsp3) is 0.200. The minimum Gasteiger partial charge on any atom is -0.304 e. The van der Waals surface area contributed by atoms with Gasteiger partial charge in [-0.25, -0.2) is 0 Å². The topological polar surface area (TPSA) is 40.6 Å². The van der Waals surface area contributed by atoms with E-state index >= 15 is 0 Å². The smallest absolute Gasteiger partial charge is 0.269 e. The van der Waals surface area contributed by atoms with E-state index in [9.17, 15) is 9.59 Å². The van der Waals surface area contributed by atoms with Crippen LogP contribution in [0.1, 0.15) is 22.3 Å². The molecule has 0 aliphatic carbocycles. The van der Waals surface area contributed by atoms with Crippen LogP contribution in [-0.4, -0.2) is 17.6 Å². The molecule has 3 aromatic carbocycles. The normalized spacial score (nSPS) is 20.3. The summed E-state index contributed by atoms with van der Waals surface area (Å²) in [5, 5.41) is 0. The van der Waals surface area contributed by atoms with Crippen molar-refractivity contribution in [1.82, 2.24) is 0 Å². The Hall–Kier alpha value is -3.05. The number of hydrogen-bond donors (Lipinski definition) is 0. The van der Waals surface area contributed by atoms with E-state index in [0.717, 1.165) is 28.1 Å². The molecule has 5 heteroatoms. The van der Waals surface area contributed by atoms with Crippen molar-refractivity contribution in [2.75, 3.05) is 15.6 Å². The summed E-state index contributed by atoms with van der Waals surface area (Å²) >= 11 is 1.42. The number of carbonyl (C=O) groups excluding carboxylic acids is 2. The highest BCUT2D eigenvalue weighted by molar-refractivity contribution is 8.02. The van der Waals surface area contributed by atoms with Crippen molar-refractivity contribution in [1.29, 1.82) is 0 Å². The van der Waals surface area contributed by atoms with Crippen LogP contribution in [0.4, 0.5) is 11.4 Å². The maximum absolute atomic E-state index is 14.0. The number of carbonyl (C=O) groups is 2. The summed E-state index contributed by atoms with van der Waals surface area (Å²) in [5.74, 6) is 0.194. The van der Waals surface area contributed by atoms with Gasteiger partial charge in [-0.15, -0.1) is 11.8 Å². The third kappa shape index (κ3) is 2.76. The van der Waals surface area contributed by atoms with Gasteiger partial charge in [-0.3, -0.25) is 14.5 Å². The quantitative estimate of drug-likeness (QED) is 0.619. The van der Waals surface area contributed by atoms with Gasteiger partial charge in [0.2, 0.25) is 10.8 Å². The molecule has 0 bridgehead atoms. The summed E-state index contributed by atoms with van der Waals surface area (Å²) in [4.78, 5) is 29.5. The van der Waals surface area contributed by atoms with Crippen molar-refractivity contribution in [3.05, 3.63) is 95.1 Å². The number of benzene rings is 3. The number of amides is 2. The Morgan fingerprint density at radius 3 is 2.43 bits per heavy atom. The van der Waals surface area contributed by atoms with Crippen LogP contribution < -0.4 is 9.80 Å². The lowest BCUT2D eigenvalue weighted by Crippen LogP contribution is -2.49. The summed E-state index contributed by atoms with van der Waals surface area (Å²) in [5.41, 5.74) is 5.85. The van der Waals surface area contributed by atoms with Crippen molar-refractivity contribution in [3.8, 4) is 0 Å². The van der Waals surface area contributed by atoms with Crippen molar-refractivity contribution in [2.45, 2.75) is 25.3 Å². The lowest BCUT2D eigenvalue weighted by Gasteiger charge is -2.33. The van der Waals surface area contributed by atoms with Crippen LogP contribution in [0.2, 0.25) is 0 Å². The summed E-state index contributed by atoms with van der Waals surface area (Å²) in [6.07, 6.45) is 0. The zero-order valence-corrected chi connectivity index (χ0v) is 17.8. The van der Waals surface area contributed by atoms with Crippen molar-refractivity contribution in [2.24, 2.45) is 0 Å². The Morgan fingerprint density at radius 1 is 0.900 bits per heavy atom. The third-order valence-electron chi connectivity index (χ3n) is 5.78. The Labute approximate surface area is 180 Å². The third-order valence-corrected chi connectivity index (χ3v) is 7.17. The molecule has 1 fully saturated rings. The van der Waals surface area contributed by atoms with Crippen LogP contribution in [0.15, 0.2) is 72.8 Å². The van der Waals surface area contributed by atoms with E-state index in [2.05, 4.69) is 31.2 Å². The second-order valence-electron chi connectivity index (χ2n) is 7.89. The van der Waals surface area contributed by atoms with Crippen LogP contribution in [0.3, 0.4) is 0 Å². The van der Waals surface area contributed by atoms with E-state index < -0.39 is 4.87 Å². The van der Waals surface area contributed by atoms with Crippen LogP contribution in [0, 0.1) is 13.8 Å². The van der Waals surface area contributed by atoms with Crippen LogP contribution in [-0.2, 0) is 21.0 Å². The fourth-order valence-corrected chi connectivity index (χ4v) is 5.72. The van der Waals surface area contributed by atoms with Gasteiger partial charge in [-0.1, -0.05) is 60.2 Å². The number of fused-ring (bicyclic) bond motifs is 2. The standard InChI is InChI=1S/C25H22N2O2S/c1-17-10-12-19(13-11-17)15-26-22-9-4-3-8-21(22)25(24(26)29)27(23(28)16-30-25)20-7-5-6-18(2)14-20/h3-14H,15-16H2,1-2H3. The molecule has 2 aliphatic rings. The number of anilines is 2. The number of rotatable bonds is 3. The second kappa shape index (κ2) is 7.03. The number of thioether (sulfide) groups is 1. The molecular formula is C25H22N2O2S. The zero-order valence-electron chi connectivity index (χ0n) is 17.0. The van der Waals surface area contributed by atoms with E-state index in [-0.39, 0.29) is 17.6 Å². The Morgan fingerprint density at radius 2 is 1.67 bits per heavy atom. The van der Waals surface area contributed by atoms with E-state index in [0.29, 0.717) is 6.54 Å². The van der Waals surface area contributed by atoms with Gasteiger partial charge in [-0.05, 0) is 43.2 Å². The summed E-state index contributed by atoms with van der Waals surface area (Å²) in [6.45, 7) is 4.53. The Bertz CT molecular complexity index is 1160. The largest absolute Gasteiger partial charge is 0.304 e. The lowest BCUT2D eigenvalue weighted by atomic mass is 10.0. The van der Waals surface area contributed by atoms with Crippen LogP contribution in [0.5, 0.6) is 0 Å². The van der Waals surface area contributed by atoms with Gasteiger partial charge >= 0.3 is 0 Å². The van der Waals surface area contributed by atoms with Gasteiger partial charge in [-0.2, -0.15) is 0 Å². The molecule has 0 saturated carbocycles. The van der Waals surface area contributed by atoms with E-state index in [4.69, 9.17) is 0 Å². The summed E-state index contributed by atoms with van der Waals surface area (Å²) in [7, 11) is 0. The fourth-order valence-electron chi connectivity index (χ4n) is 4.36. The molecule has 1 atom stereocenters. The highest BCUT2D eigenvalue weighted by Crippen LogP contribution is 2.55. The first-order chi connectivity index (χ1) is 14.5. The minimum absolute atomic E-state index is 0.0362. The highest BCUT2D eigenvalue weighted by atomic mass is 32.2. The molecule has 3 aromatic rings. The molecule has 2 amide bonds. The molecule has 0 aromatic heterocycles. The van der Waals surface area contributed by atoms with E-state index in [1.54, 1.807) is 4.90 Å². The Balaban J connectivity index is 1.64. The molecule has 30 heavy (non-hydrogen) atoms. The van der Waals surface area contributed by atoms with Crippen molar-refractivity contribution < 1.29 is 9.59 Å². The van der Waals surface area contributed by atoms with E-state index in [1.165, 1.54) is 17.3 Å². The molecule has 150 valence electrons. The van der Waals surface area contributed by atoms with Gasteiger partial charge in [0.05, 0.1) is 18.0 Å². The second-order valence-corrected chi connectivity index (χ2v) is 9.06. The molecular weight excluding hydrogens is 392 g/mol. The van der Waals surface area contributed by atoms with Gasteiger partial charge in [0.15, 0.2) is 0 Å². The maximum Gasteiger partial charge on any atom is 0.269 e. The summed E-state index contributed by atoms with van der Waals surface area (Å²) in [6, 6.07) is 23.9. The Kier molecular flexibility index (Phi) is 4.44. The predicted octanol–water partition coefficient (Wildman–Crippen LogP) is 4.78. The number of hydrogen-bond acceptors (Lipinski definition) is 3. The average Bonchev–Trinajstić information content (AvgIpc) is 3.21. The molecule has 1 unspecified atom stereocenters. The first-order valence-corrected chi connectivity index (χ1v) is 11.0. The molecule has 2 heterocycles. The molecule has 5 rings (SSSR count). The van der Waals surface area contributed by atoms with Gasteiger partial charge < -0.3 is 4.90 Å². The first-order valence-electron chi connectivity index (χ1n) is 10.0. The minimum atomic E-state index is -1.05. The highest BCUT2D eigenvalue weighted by Gasteiger charge is 2.60. The molecule has 0 N–H and O–H groups in total. The van der Waals surface area contributed by atoms with Crippen LogP contribution >= 0.6 is 11.8 Å². The molecule has 1 spiro atoms. The monoisotopic (exact) mass is 414 g/mol. The molecule has 4 nitrogen and oxygen atoms in total. The van der Waals surface area contributed by atoms with E-state index in [1.807, 2.05) is 60.4 Å². The number of aryl methyl sites for hydroxylation is 2. The molecule has 2 aliphatic heterocycles. The van der Waals surface area contributed by atoms with Crippen molar-refractivity contribution in [3.63, 3.8) is 0 Å².